The molecule has 7 heteroatoms. The highest BCUT2D eigenvalue weighted by Crippen LogP contribution is 2.21. The zero-order valence-electron chi connectivity index (χ0n) is 11.2. The second kappa shape index (κ2) is 7.40. The van der Waals surface area contributed by atoms with Crippen LogP contribution in [0, 0.1) is 0 Å². The molecule has 0 radical (unpaired) electrons. The second-order valence-corrected chi connectivity index (χ2v) is 6.46. The van der Waals surface area contributed by atoms with Gasteiger partial charge in [0.25, 0.3) is 0 Å². The SMILES string of the molecule is CCNCCCS(=O)(=O)NCC1(OC)CCOC1. The van der Waals surface area contributed by atoms with E-state index in [1.807, 2.05) is 6.92 Å². The topological polar surface area (TPSA) is 76.7 Å². The average molecular weight is 280 g/mol. The number of ether oxygens (including phenoxy) is 2. The second-order valence-electron chi connectivity index (χ2n) is 4.54. The maximum atomic E-state index is 11.8. The Balaban J connectivity index is 2.31. The molecule has 0 spiro atoms. The summed E-state index contributed by atoms with van der Waals surface area (Å²) in [7, 11) is -1.63. The lowest BCUT2D eigenvalue weighted by atomic mass is 10.0. The first-order valence-corrected chi connectivity index (χ1v) is 8.00. The summed E-state index contributed by atoms with van der Waals surface area (Å²) in [6, 6.07) is 0. The molecule has 18 heavy (non-hydrogen) atoms. The normalized spacial score (nSPS) is 24.6. The number of nitrogens with one attached hydrogen (secondary N) is 2. The molecule has 0 aromatic heterocycles. The fraction of sp³-hybridized carbons (Fsp3) is 1.00. The number of hydrogen-bond acceptors (Lipinski definition) is 5. The van der Waals surface area contributed by atoms with E-state index in [1.165, 1.54) is 0 Å². The quantitative estimate of drug-likeness (QED) is 0.568. The van der Waals surface area contributed by atoms with E-state index in [0.29, 0.717) is 19.6 Å². The zero-order valence-corrected chi connectivity index (χ0v) is 12.0. The van der Waals surface area contributed by atoms with Gasteiger partial charge in [0, 0.05) is 26.7 Å². The van der Waals surface area contributed by atoms with Gasteiger partial charge in [-0.05, 0) is 19.5 Å². The van der Waals surface area contributed by atoms with Gasteiger partial charge in [0.15, 0.2) is 0 Å². The molecule has 0 aromatic rings. The smallest absolute Gasteiger partial charge is 0.211 e. The molecule has 0 aromatic carbocycles. The Labute approximate surface area is 109 Å². The Morgan fingerprint density at radius 3 is 2.78 bits per heavy atom. The van der Waals surface area contributed by atoms with Gasteiger partial charge >= 0.3 is 0 Å². The van der Waals surface area contributed by atoms with Crippen molar-refractivity contribution in [3.63, 3.8) is 0 Å². The lowest BCUT2D eigenvalue weighted by Gasteiger charge is -2.25. The predicted octanol–water partition coefficient (Wildman–Crippen LogP) is -0.289. The van der Waals surface area contributed by atoms with Crippen LogP contribution < -0.4 is 10.0 Å². The van der Waals surface area contributed by atoms with Gasteiger partial charge in [-0.2, -0.15) is 0 Å². The van der Waals surface area contributed by atoms with Gasteiger partial charge in [-0.15, -0.1) is 0 Å². The van der Waals surface area contributed by atoms with Crippen molar-refractivity contribution in [1.29, 1.82) is 0 Å². The van der Waals surface area contributed by atoms with Gasteiger partial charge in [0.1, 0.15) is 5.60 Å². The summed E-state index contributed by atoms with van der Waals surface area (Å²) < 4.78 is 36.8. The van der Waals surface area contributed by atoms with Crippen LogP contribution in [0.3, 0.4) is 0 Å². The number of hydrogen-bond donors (Lipinski definition) is 2. The molecule has 1 aliphatic heterocycles. The van der Waals surface area contributed by atoms with Gasteiger partial charge in [-0.3, -0.25) is 0 Å². The largest absolute Gasteiger partial charge is 0.378 e. The van der Waals surface area contributed by atoms with E-state index < -0.39 is 15.6 Å². The third-order valence-corrected chi connectivity index (χ3v) is 4.54. The van der Waals surface area contributed by atoms with Crippen molar-refractivity contribution >= 4 is 10.0 Å². The van der Waals surface area contributed by atoms with Crippen LogP contribution >= 0.6 is 0 Å². The maximum Gasteiger partial charge on any atom is 0.211 e. The first-order valence-electron chi connectivity index (χ1n) is 6.34. The summed E-state index contributed by atoms with van der Waals surface area (Å²) >= 11 is 0. The Morgan fingerprint density at radius 2 is 2.22 bits per heavy atom. The highest BCUT2D eigenvalue weighted by Gasteiger charge is 2.35. The van der Waals surface area contributed by atoms with E-state index in [1.54, 1.807) is 7.11 Å². The van der Waals surface area contributed by atoms with Gasteiger partial charge in [-0.25, -0.2) is 13.1 Å². The molecule has 0 amide bonds. The Bertz CT molecular complexity index is 326. The number of sulfonamides is 1. The lowest BCUT2D eigenvalue weighted by Crippen LogP contribution is -2.45. The van der Waals surface area contributed by atoms with E-state index in [4.69, 9.17) is 9.47 Å². The minimum absolute atomic E-state index is 0.140. The fourth-order valence-electron chi connectivity index (χ4n) is 1.84. The van der Waals surface area contributed by atoms with Gasteiger partial charge in [0.2, 0.25) is 10.0 Å². The van der Waals surface area contributed by atoms with E-state index in [2.05, 4.69) is 10.0 Å². The molecule has 1 aliphatic rings. The average Bonchev–Trinajstić information content (AvgIpc) is 2.82. The van der Waals surface area contributed by atoms with Crippen LogP contribution in [0.1, 0.15) is 19.8 Å². The summed E-state index contributed by atoms with van der Waals surface area (Å²) in [5.41, 5.74) is -0.491. The van der Waals surface area contributed by atoms with Crippen LogP contribution in [0.15, 0.2) is 0 Å². The Morgan fingerprint density at radius 1 is 1.44 bits per heavy atom. The zero-order chi connectivity index (χ0) is 13.5. The molecular weight excluding hydrogens is 256 g/mol. The van der Waals surface area contributed by atoms with Gasteiger partial charge in [-0.1, -0.05) is 6.92 Å². The van der Waals surface area contributed by atoms with Crippen LogP contribution in [-0.2, 0) is 19.5 Å². The summed E-state index contributed by atoms with van der Waals surface area (Å²) in [6.07, 6.45) is 1.34. The van der Waals surface area contributed by atoms with Crippen molar-refractivity contribution in [3.8, 4) is 0 Å². The molecule has 1 fully saturated rings. The first kappa shape index (κ1) is 15.8. The number of rotatable bonds is 9. The molecule has 1 atom stereocenters. The highest BCUT2D eigenvalue weighted by molar-refractivity contribution is 7.89. The minimum Gasteiger partial charge on any atom is -0.378 e. The van der Waals surface area contributed by atoms with E-state index in [9.17, 15) is 8.42 Å². The maximum absolute atomic E-state index is 11.8. The van der Waals surface area contributed by atoms with Crippen LogP contribution in [0.5, 0.6) is 0 Å². The lowest BCUT2D eigenvalue weighted by molar-refractivity contribution is -0.0120. The molecular formula is C11H24N2O4S. The molecule has 108 valence electrons. The standard InChI is InChI=1S/C11H24N2O4S/c1-3-12-6-4-8-18(14,15)13-9-11(16-2)5-7-17-10-11/h12-13H,3-10H2,1-2H3. The third-order valence-electron chi connectivity index (χ3n) is 3.13. The fourth-order valence-corrected chi connectivity index (χ4v) is 2.99. The van der Waals surface area contributed by atoms with E-state index >= 15 is 0 Å². The van der Waals surface area contributed by atoms with Crippen LogP contribution in [0.2, 0.25) is 0 Å². The molecule has 0 bridgehead atoms. The molecule has 1 heterocycles. The molecule has 0 saturated carbocycles. The van der Waals surface area contributed by atoms with Crippen molar-refractivity contribution in [3.05, 3.63) is 0 Å². The summed E-state index contributed by atoms with van der Waals surface area (Å²) in [6.45, 7) is 4.93. The van der Waals surface area contributed by atoms with Crippen molar-refractivity contribution in [2.75, 3.05) is 45.7 Å². The summed E-state index contributed by atoms with van der Waals surface area (Å²) in [4.78, 5) is 0. The van der Waals surface area contributed by atoms with E-state index in [-0.39, 0.29) is 12.3 Å². The number of methoxy groups -OCH3 is 1. The van der Waals surface area contributed by atoms with Crippen molar-refractivity contribution in [2.45, 2.75) is 25.4 Å². The van der Waals surface area contributed by atoms with E-state index in [0.717, 1.165) is 19.5 Å². The van der Waals surface area contributed by atoms with Crippen molar-refractivity contribution in [1.82, 2.24) is 10.0 Å². The predicted molar refractivity (Wildman–Crippen MR) is 70.1 cm³/mol. The van der Waals surface area contributed by atoms with Crippen molar-refractivity contribution < 1.29 is 17.9 Å². The van der Waals surface area contributed by atoms with Crippen molar-refractivity contribution in [2.24, 2.45) is 0 Å². The van der Waals surface area contributed by atoms with Crippen LogP contribution in [0.25, 0.3) is 0 Å². The third kappa shape index (κ3) is 5.19. The molecule has 1 saturated heterocycles. The Hall–Kier alpha value is -0.210. The van der Waals surface area contributed by atoms with Crippen LogP contribution in [0.4, 0.5) is 0 Å². The first-order chi connectivity index (χ1) is 8.54. The molecule has 6 nitrogen and oxygen atoms in total. The molecule has 2 N–H and O–H groups in total. The highest BCUT2D eigenvalue weighted by atomic mass is 32.2. The van der Waals surface area contributed by atoms with Gasteiger partial charge < -0.3 is 14.8 Å². The Kier molecular flexibility index (Phi) is 6.51. The monoisotopic (exact) mass is 280 g/mol. The summed E-state index contributed by atoms with van der Waals surface area (Å²) in [5, 5.41) is 3.10. The van der Waals surface area contributed by atoms with Gasteiger partial charge in [0.05, 0.1) is 12.4 Å². The minimum atomic E-state index is -3.22. The molecule has 1 rings (SSSR count). The molecule has 0 aliphatic carbocycles. The summed E-state index contributed by atoms with van der Waals surface area (Å²) in [5.74, 6) is 0.140. The van der Waals surface area contributed by atoms with Crippen LogP contribution in [-0.4, -0.2) is 59.7 Å². The molecule has 1 unspecified atom stereocenters.